The highest BCUT2D eigenvalue weighted by Crippen LogP contribution is 2.36. The average Bonchev–Trinajstić information content (AvgIpc) is 2.73. The number of rotatable bonds is 2. The van der Waals surface area contributed by atoms with Crippen LogP contribution in [0.25, 0.3) is 0 Å². The molecule has 0 saturated carbocycles. The molecule has 1 amide bonds. The fraction of sp³-hybridized carbons (Fsp3) is 0.667. The molecule has 0 aliphatic carbocycles. The number of ether oxygens (including phenoxy) is 2. The van der Waals surface area contributed by atoms with Gasteiger partial charge >= 0.3 is 6.09 Å². The zero-order chi connectivity index (χ0) is 18.9. The lowest BCUT2D eigenvalue weighted by atomic mass is 10.00. The lowest BCUT2D eigenvalue weighted by Gasteiger charge is -2.33. The van der Waals surface area contributed by atoms with Crippen molar-refractivity contribution in [1.82, 2.24) is 4.90 Å². The van der Waals surface area contributed by atoms with Crippen molar-refractivity contribution in [1.29, 1.82) is 0 Å². The van der Waals surface area contributed by atoms with Crippen LogP contribution >= 0.6 is 0 Å². The van der Waals surface area contributed by atoms with E-state index in [1.165, 1.54) is 16.8 Å². The number of amides is 1. The summed E-state index contributed by atoms with van der Waals surface area (Å²) in [5.41, 5.74) is 3.37. The first kappa shape index (κ1) is 18.9. The molecule has 0 spiro atoms. The van der Waals surface area contributed by atoms with Crippen molar-refractivity contribution in [2.45, 2.75) is 53.1 Å². The normalized spacial score (nSPS) is 17.3. The van der Waals surface area contributed by atoms with Crippen LogP contribution in [-0.4, -0.2) is 49.4 Å². The van der Waals surface area contributed by atoms with Crippen LogP contribution in [0.5, 0.6) is 5.75 Å². The lowest BCUT2D eigenvalue weighted by molar-refractivity contribution is 0.0258. The first-order chi connectivity index (χ1) is 12.2. The highest BCUT2D eigenvalue weighted by Gasteiger charge is 2.26. The van der Waals surface area contributed by atoms with Crippen LogP contribution in [0.2, 0.25) is 0 Å². The molecule has 0 atom stereocenters. The zero-order valence-electron chi connectivity index (χ0n) is 16.8. The smallest absolute Gasteiger partial charge is 0.410 e. The van der Waals surface area contributed by atoms with Gasteiger partial charge in [-0.1, -0.05) is 13.8 Å². The number of nitrogens with zero attached hydrogens (tertiary/aromatic N) is 2. The molecule has 0 unspecified atom stereocenters. The van der Waals surface area contributed by atoms with Gasteiger partial charge in [-0.2, -0.15) is 0 Å². The molecular weight excluding hydrogens is 328 g/mol. The van der Waals surface area contributed by atoms with Crippen molar-refractivity contribution in [2.24, 2.45) is 5.92 Å². The van der Waals surface area contributed by atoms with E-state index in [1.807, 2.05) is 25.7 Å². The van der Waals surface area contributed by atoms with Crippen LogP contribution in [-0.2, 0) is 17.6 Å². The molecule has 1 aromatic rings. The highest BCUT2D eigenvalue weighted by molar-refractivity contribution is 5.69. The van der Waals surface area contributed by atoms with Crippen molar-refractivity contribution in [2.75, 3.05) is 37.7 Å². The van der Waals surface area contributed by atoms with Gasteiger partial charge in [0.05, 0.1) is 12.2 Å². The van der Waals surface area contributed by atoms with E-state index in [2.05, 4.69) is 30.9 Å². The zero-order valence-corrected chi connectivity index (χ0v) is 16.8. The molecule has 5 nitrogen and oxygen atoms in total. The molecule has 144 valence electrons. The molecule has 2 aliphatic heterocycles. The van der Waals surface area contributed by atoms with Gasteiger partial charge in [0.15, 0.2) is 0 Å². The maximum Gasteiger partial charge on any atom is 0.410 e. The maximum absolute atomic E-state index is 12.4. The Bertz CT molecular complexity index is 664. The second kappa shape index (κ2) is 7.37. The third-order valence-corrected chi connectivity index (χ3v) is 4.78. The average molecular weight is 360 g/mol. The van der Waals surface area contributed by atoms with E-state index in [0.717, 1.165) is 38.3 Å². The van der Waals surface area contributed by atoms with Gasteiger partial charge in [-0.05, 0) is 62.8 Å². The third-order valence-electron chi connectivity index (χ3n) is 4.78. The van der Waals surface area contributed by atoms with Gasteiger partial charge in [-0.15, -0.1) is 0 Å². The first-order valence-electron chi connectivity index (χ1n) is 9.74. The predicted molar refractivity (Wildman–Crippen MR) is 104 cm³/mol. The van der Waals surface area contributed by atoms with E-state index in [1.54, 1.807) is 0 Å². The number of fused-ring (bicyclic) bond motifs is 2. The number of carbonyl (C=O) groups is 1. The van der Waals surface area contributed by atoms with Gasteiger partial charge in [0, 0.05) is 19.6 Å². The number of anilines is 1. The van der Waals surface area contributed by atoms with E-state index in [4.69, 9.17) is 9.47 Å². The summed E-state index contributed by atoms with van der Waals surface area (Å²) in [5.74, 6) is 1.60. The Kier molecular flexibility index (Phi) is 5.35. The maximum atomic E-state index is 12.4. The van der Waals surface area contributed by atoms with E-state index < -0.39 is 5.60 Å². The van der Waals surface area contributed by atoms with Crippen LogP contribution in [0.4, 0.5) is 10.5 Å². The van der Waals surface area contributed by atoms with Crippen molar-refractivity contribution in [3.05, 3.63) is 23.3 Å². The Morgan fingerprint density at radius 2 is 1.81 bits per heavy atom. The van der Waals surface area contributed by atoms with Crippen LogP contribution < -0.4 is 9.64 Å². The molecule has 0 fully saturated rings. The number of hydrogen-bond acceptors (Lipinski definition) is 4. The van der Waals surface area contributed by atoms with Gasteiger partial charge in [0.1, 0.15) is 18.0 Å². The fourth-order valence-electron chi connectivity index (χ4n) is 3.63. The summed E-state index contributed by atoms with van der Waals surface area (Å²) in [6.45, 7) is 14.3. The molecule has 0 N–H and O–H groups in total. The van der Waals surface area contributed by atoms with E-state index in [-0.39, 0.29) is 6.09 Å². The SMILES string of the molecule is CC(C)CN1CCOc2cc3c(cc21)CCN(C(=O)OC(C)(C)C)CC3. The van der Waals surface area contributed by atoms with Gasteiger partial charge in [0.2, 0.25) is 0 Å². The minimum Gasteiger partial charge on any atom is -0.490 e. The van der Waals surface area contributed by atoms with Crippen LogP contribution in [0.3, 0.4) is 0 Å². The number of carbonyl (C=O) groups excluding carboxylic acids is 1. The molecule has 2 aliphatic rings. The van der Waals surface area contributed by atoms with Gasteiger partial charge in [-0.25, -0.2) is 4.79 Å². The summed E-state index contributed by atoms with van der Waals surface area (Å²) in [5, 5.41) is 0. The van der Waals surface area contributed by atoms with E-state index >= 15 is 0 Å². The van der Waals surface area contributed by atoms with Gasteiger partial charge < -0.3 is 19.3 Å². The molecule has 0 saturated heterocycles. The Balaban J connectivity index is 1.77. The fourth-order valence-corrected chi connectivity index (χ4v) is 3.63. The summed E-state index contributed by atoms with van der Waals surface area (Å²) >= 11 is 0. The molecule has 0 aromatic heterocycles. The first-order valence-corrected chi connectivity index (χ1v) is 9.74. The molecule has 3 rings (SSSR count). The van der Waals surface area contributed by atoms with Crippen molar-refractivity contribution >= 4 is 11.8 Å². The summed E-state index contributed by atoms with van der Waals surface area (Å²) in [6, 6.07) is 4.47. The molecule has 2 heterocycles. The van der Waals surface area contributed by atoms with Crippen molar-refractivity contribution in [3.63, 3.8) is 0 Å². The highest BCUT2D eigenvalue weighted by atomic mass is 16.6. The van der Waals surface area contributed by atoms with Crippen molar-refractivity contribution in [3.8, 4) is 5.75 Å². The van der Waals surface area contributed by atoms with Crippen LogP contribution in [0.15, 0.2) is 12.1 Å². The van der Waals surface area contributed by atoms with Crippen LogP contribution in [0, 0.1) is 5.92 Å². The van der Waals surface area contributed by atoms with Gasteiger partial charge in [-0.3, -0.25) is 0 Å². The summed E-state index contributed by atoms with van der Waals surface area (Å²) in [7, 11) is 0. The van der Waals surface area contributed by atoms with E-state index in [9.17, 15) is 4.79 Å². The Hall–Kier alpha value is -1.91. The summed E-state index contributed by atoms with van der Waals surface area (Å²) in [4.78, 5) is 16.7. The summed E-state index contributed by atoms with van der Waals surface area (Å²) < 4.78 is 11.5. The second-order valence-electron chi connectivity index (χ2n) is 8.74. The molecule has 1 aromatic carbocycles. The summed E-state index contributed by atoms with van der Waals surface area (Å²) in [6.07, 6.45) is 1.49. The molecule has 26 heavy (non-hydrogen) atoms. The quantitative estimate of drug-likeness (QED) is 0.803. The predicted octanol–water partition coefficient (Wildman–Crippen LogP) is 3.88. The lowest BCUT2D eigenvalue weighted by Crippen LogP contribution is -2.38. The Morgan fingerprint density at radius 3 is 2.42 bits per heavy atom. The largest absolute Gasteiger partial charge is 0.490 e. The second-order valence-corrected chi connectivity index (χ2v) is 8.74. The monoisotopic (exact) mass is 360 g/mol. The standard InChI is InChI=1S/C21H32N2O3/c1-15(2)14-23-10-11-25-19-13-17-7-9-22(20(24)26-21(3,4)5)8-6-16(17)12-18(19)23/h12-13,15H,6-11,14H2,1-5H3. The molecule has 0 bridgehead atoms. The minimum atomic E-state index is -0.458. The number of hydrogen-bond donors (Lipinski definition) is 0. The Labute approximate surface area is 157 Å². The molecule has 0 radical (unpaired) electrons. The topological polar surface area (TPSA) is 42.0 Å². The number of benzene rings is 1. The van der Waals surface area contributed by atoms with E-state index in [0.29, 0.717) is 19.0 Å². The third kappa shape index (κ3) is 4.43. The Morgan fingerprint density at radius 1 is 1.15 bits per heavy atom. The molecular formula is C21H32N2O3. The molecule has 5 heteroatoms. The minimum absolute atomic E-state index is 0.215. The van der Waals surface area contributed by atoms with Crippen LogP contribution in [0.1, 0.15) is 45.7 Å². The van der Waals surface area contributed by atoms with Crippen molar-refractivity contribution < 1.29 is 14.3 Å². The van der Waals surface area contributed by atoms with Gasteiger partial charge in [0.25, 0.3) is 0 Å².